The van der Waals surface area contributed by atoms with Gasteiger partial charge < -0.3 is 16.0 Å². The first kappa shape index (κ1) is 16.7. The van der Waals surface area contributed by atoms with Gasteiger partial charge in [-0.2, -0.15) is 0 Å². The molecule has 1 saturated carbocycles. The maximum atomic E-state index is 12.0. The third kappa shape index (κ3) is 5.30. The van der Waals surface area contributed by atoms with E-state index in [4.69, 9.17) is 12.2 Å². The number of hydrogen-bond acceptors (Lipinski definition) is 2. The van der Waals surface area contributed by atoms with Gasteiger partial charge in [-0.1, -0.05) is 44.4 Å². The highest BCUT2D eigenvalue weighted by Gasteiger charge is 2.14. The van der Waals surface area contributed by atoms with Crippen LogP contribution in [0.15, 0.2) is 24.3 Å². The molecule has 1 aliphatic carbocycles. The second-order valence-corrected chi connectivity index (χ2v) is 6.13. The SMILES string of the molecule is CCc1ccccc1NC(=O)CNC(=S)NC1CCCCC1. The fourth-order valence-corrected chi connectivity index (χ4v) is 3.03. The van der Waals surface area contributed by atoms with Gasteiger partial charge in [0.05, 0.1) is 6.54 Å². The van der Waals surface area contributed by atoms with Crippen molar-refractivity contribution in [3.8, 4) is 0 Å². The summed E-state index contributed by atoms with van der Waals surface area (Å²) < 4.78 is 0. The molecule has 1 aliphatic rings. The van der Waals surface area contributed by atoms with Crippen LogP contribution in [0.3, 0.4) is 0 Å². The molecule has 0 radical (unpaired) electrons. The van der Waals surface area contributed by atoms with Crippen molar-refractivity contribution in [2.24, 2.45) is 0 Å². The molecule has 0 heterocycles. The van der Waals surface area contributed by atoms with Crippen LogP contribution in [0.1, 0.15) is 44.6 Å². The van der Waals surface area contributed by atoms with Gasteiger partial charge >= 0.3 is 0 Å². The Morgan fingerprint density at radius 1 is 1.23 bits per heavy atom. The van der Waals surface area contributed by atoms with E-state index in [2.05, 4.69) is 22.9 Å². The van der Waals surface area contributed by atoms with Crippen molar-refractivity contribution < 1.29 is 4.79 Å². The molecular formula is C17H25N3OS. The fraction of sp³-hybridized carbons (Fsp3) is 0.529. The summed E-state index contributed by atoms with van der Waals surface area (Å²) in [5.41, 5.74) is 2.02. The molecule has 0 unspecified atom stereocenters. The quantitative estimate of drug-likeness (QED) is 0.730. The number of nitrogens with one attached hydrogen (secondary N) is 3. The largest absolute Gasteiger partial charge is 0.360 e. The summed E-state index contributed by atoms with van der Waals surface area (Å²) in [6.45, 7) is 2.27. The highest BCUT2D eigenvalue weighted by molar-refractivity contribution is 7.80. The average molecular weight is 319 g/mol. The van der Waals surface area contributed by atoms with Gasteiger partial charge in [0.2, 0.25) is 5.91 Å². The van der Waals surface area contributed by atoms with Gasteiger partial charge in [0.25, 0.3) is 0 Å². The Balaban J connectivity index is 1.73. The molecule has 5 heteroatoms. The zero-order valence-electron chi connectivity index (χ0n) is 13.2. The lowest BCUT2D eigenvalue weighted by molar-refractivity contribution is -0.115. The van der Waals surface area contributed by atoms with Gasteiger partial charge in [-0.3, -0.25) is 4.79 Å². The third-order valence-electron chi connectivity index (χ3n) is 4.02. The van der Waals surface area contributed by atoms with E-state index >= 15 is 0 Å². The summed E-state index contributed by atoms with van der Waals surface area (Å²) in [5.74, 6) is -0.0753. The lowest BCUT2D eigenvalue weighted by Crippen LogP contribution is -2.45. The van der Waals surface area contributed by atoms with Crippen LogP contribution in [-0.4, -0.2) is 23.6 Å². The van der Waals surface area contributed by atoms with E-state index < -0.39 is 0 Å². The molecule has 0 saturated heterocycles. The molecule has 3 N–H and O–H groups in total. The van der Waals surface area contributed by atoms with Crippen molar-refractivity contribution in [2.45, 2.75) is 51.5 Å². The molecule has 0 atom stereocenters. The van der Waals surface area contributed by atoms with Gasteiger partial charge in [-0.25, -0.2) is 0 Å². The van der Waals surface area contributed by atoms with Gasteiger partial charge in [0, 0.05) is 11.7 Å². The van der Waals surface area contributed by atoms with Crippen LogP contribution in [0.25, 0.3) is 0 Å². The predicted molar refractivity (Wildman–Crippen MR) is 95.1 cm³/mol. The number of amides is 1. The number of hydrogen-bond donors (Lipinski definition) is 3. The standard InChI is InChI=1S/C17H25N3OS/c1-2-13-8-6-7-11-15(13)20-16(21)12-18-17(22)19-14-9-4-3-5-10-14/h6-8,11,14H,2-5,9-10,12H2,1H3,(H,20,21)(H2,18,19,22). The van der Waals surface area contributed by atoms with Gasteiger partial charge in [-0.15, -0.1) is 0 Å². The number of thiocarbonyl (C=S) groups is 1. The van der Waals surface area contributed by atoms with Gasteiger partial charge in [0.1, 0.15) is 0 Å². The molecule has 0 spiro atoms. The summed E-state index contributed by atoms with van der Waals surface area (Å²) in [7, 11) is 0. The first-order valence-corrected chi connectivity index (χ1v) is 8.52. The smallest absolute Gasteiger partial charge is 0.243 e. The van der Waals surface area contributed by atoms with Crippen LogP contribution in [0, 0.1) is 0 Å². The molecule has 0 aromatic heterocycles. The van der Waals surface area contributed by atoms with Crippen LogP contribution in [0.5, 0.6) is 0 Å². The molecule has 120 valence electrons. The van der Waals surface area contributed by atoms with Gasteiger partial charge in [0.15, 0.2) is 5.11 Å². The van der Waals surface area contributed by atoms with Crippen molar-refractivity contribution in [3.05, 3.63) is 29.8 Å². The normalized spacial score (nSPS) is 15.1. The fourth-order valence-electron chi connectivity index (χ4n) is 2.79. The van der Waals surface area contributed by atoms with Crippen molar-refractivity contribution in [1.29, 1.82) is 0 Å². The van der Waals surface area contributed by atoms with Crippen LogP contribution in [0.4, 0.5) is 5.69 Å². The Hall–Kier alpha value is -1.62. The van der Waals surface area contributed by atoms with E-state index in [1.165, 1.54) is 19.3 Å². The topological polar surface area (TPSA) is 53.2 Å². The zero-order chi connectivity index (χ0) is 15.8. The number of aryl methyl sites for hydroxylation is 1. The second-order valence-electron chi connectivity index (χ2n) is 5.72. The summed E-state index contributed by atoms with van der Waals surface area (Å²) in [6.07, 6.45) is 7.06. The Kier molecular flexibility index (Phi) is 6.65. The van der Waals surface area contributed by atoms with Crippen molar-refractivity contribution >= 4 is 28.9 Å². The zero-order valence-corrected chi connectivity index (χ0v) is 14.0. The Morgan fingerprint density at radius 3 is 2.68 bits per heavy atom. The van der Waals surface area contributed by atoms with E-state index in [0.29, 0.717) is 11.2 Å². The molecule has 1 aromatic carbocycles. The molecule has 4 nitrogen and oxygen atoms in total. The maximum absolute atomic E-state index is 12.0. The summed E-state index contributed by atoms with van der Waals surface area (Å²) in [5, 5.41) is 9.80. The van der Waals surface area contributed by atoms with E-state index in [-0.39, 0.29) is 12.5 Å². The molecule has 0 aliphatic heterocycles. The predicted octanol–water partition coefficient (Wildman–Crippen LogP) is 2.98. The molecular weight excluding hydrogens is 294 g/mol. The summed E-state index contributed by atoms with van der Waals surface area (Å²) in [6, 6.07) is 8.32. The average Bonchev–Trinajstić information content (AvgIpc) is 2.54. The van der Waals surface area contributed by atoms with Crippen LogP contribution >= 0.6 is 12.2 Å². The summed E-state index contributed by atoms with van der Waals surface area (Å²) in [4.78, 5) is 12.0. The number of para-hydroxylation sites is 1. The van der Waals surface area contributed by atoms with Crippen LogP contribution in [0.2, 0.25) is 0 Å². The molecule has 2 rings (SSSR count). The van der Waals surface area contributed by atoms with E-state index in [1.807, 2.05) is 24.3 Å². The first-order valence-electron chi connectivity index (χ1n) is 8.11. The molecule has 1 amide bonds. The second kappa shape index (κ2) is 8.73. The lowest BCUT2D eigenvalue weighted by atomic mass is 9.96. The van der Waals surface area contributed by atoms with Crippen molar-refractivity contribution in [3.63, 3.8) is 0 Å². The number of anilines is 1. The lowest BCUT2D eigenvalue weighted by Gasteiger charge is -2.24. The van der Waals surface area contributed by atoms with Crippen LogP contribution in [-0.2, 0) is 11.2 Å². The number of benzene rings is 1. The Morgan fingerprint density at radius 2 is 1.95 bits per heavy atom. The first-order chi connectivity index (χ1) is 10.7. The molecule has 1 fully saturated rings. The third-order valence-corrected chi connectivity index (χ3v) is 4.28. The maximum Gasteiger partial charge on any atom is 0.243 e. The van der Waals surface area contributed by atoms with E-state index in [9.17, 15) is 4.79 Å². The number of carbonyl (C=O) groups excluding carboxylic acids is 1. The molecule has 0 bridgehead atoms. The van der Waals surface area contributed by atoms with Gasteiger partial charge in [-0.05, 0) is 43.1 Å². The molecule has 1 aromatic rings. The minimum atomic E-state index is -0.0753. The monoisotopic (exact) mass is 319 g/mol. The molecule has 22 heavy (non-hydrogen) atoms. The van der Waals surface area contributed by atoms with Crippen molar-refractivity contribution in [2.75, 3.05) is 11.9 Å². The Labute approximate surface area is 138 Å². The number of carbonyl (C=O) groups is 1. The summed E-state index contributed by atoms with van der Waals surface area (Å²) >= 11 is 5.26. The highest BCUT2D eigenvalue weighted by atomic mass is 32.1. The Bertz CT molecular complexity index is 512. The highest BCUT2D eigenvalue weighted by Crippen LogP contribution is 2.17. The minimum Gasteiger partial charge on any atom is -0.360 e. The van der Waals surface area contributed by atoms with E-state index in [0.717, 1.165) is 30.5 Å². The number of rotatable bonds is 5. The van der Waals surface area contributed by atoms with Crippen LogP contribution < -0.4 is 16.0 Å². The van der Waals surface area contributed by atoms with E-state index in [1.54, 1.807) is 0 Å². The minimum absolute atomic E-state index is 0.0753. The van der Waals surface area contributed by atoms with Crippen molar-refractivity contribution in [1.82, 2.24) is 10.6 Å².